The molecule has 2 aromatic carbocycles. The number of aromatic nitrogens is 3. The number of nitrogens with one attached hydrogen (secondary N) is 2. The molecule has 17 nitrogen and oxygen atoms in total. The summed E-state index contributed by atoms with van der Waals surface area (Å²) >= 11 is 0. The second-order valence-electron chi connectivity index (χ2n) is 25.4. The molecule has 430 valence electrons. The van der Waals surface area contributed by atoms with Crippen LogP contribution in [0.15, 0.2) is 60.8 Å². The van der Waals surface area contributed by atoms with E-state index >= 15 is 0 Å². The van der Waals surface area contributed by atoms with E-state index in [0.29, 0.717) is 59.8 Å². The number of hydrogen-bond donors (Lipinski definition) is 3. The minimum Gasteiger partial charge on any atom is -0.497 e. The van der Waals surface area contributed by atoms with Crippen molar-refractivity contribution in [3.8, 4) is 5.75 Å². The fourth-order valence-electron chi connectivity index (χ4n) is 14.2. The molecular formula is C61H90N6O11. The van der Waals surface area contributed by atoms with Crippen molar-refractivity contribution < 1.29 is 52.8 Å². The van der Waals surface area contributed by atoms with E-state index in [1.807, 2.05) is 56.3 Å². The molecule has 0 aliphatic heterocycles. The molecule has 4 aliphatic rings. The minimum absolute atomic E-state index is 0.0242. The first-order valence-corrected chi connectivity index (χ1v) is 28.6. The number of hydrogen-bond acceptors (Lipinski definition) is 13. The molecule has 1 heterocycles. The zero-order valence-electron chi connectivity index (χ0n) is 48.5. The number of carbonyl (C=O) groups excluding carboxylic acids is 5. The first-order chi connectivity index (χ1) is 36.9. The second-order valence-corrected chi connectivity index (χ2v) is 25.4. The fraction of sp³-hybridized carbons (Fsp3) is 0.689. The zero-order chi connectivity index (χ0) is 56.7. The number of aliphatic hydroxyl groups is 1. The van der Waals surface area contributed by atoms with Crippen molar-refractivity contribution in [2.45, 2.75) is 195 Å². The van der Waals surface area contributed by atoms with Crippen LogP contribution in [0.1, 0.15) is 150 Å². The Morgan fingerprint density at radius 2 is 1.58 bits per heavy atom. The van der Waals surface area contributed by atoms with Gasteiger partial charge in [-0.25, -0.2) is 9.59 Å². The Kier molecular flexibility index (Phi) is 19.5. The van der Waals surface area contributed by atoms with E-state index in [-0.39, 0.29) is 61.2 Å². The molecule has 4 saturated carbocycles. The Bertz CT molecular complexity index is 2510. The van der Waals surface area contributed by atoms with Crippen LogP contribution in [-0.2, 0) is 64.2 Å². The summed E-state index contributed by atoms with van der Waals surface area (Å²) < 4.78 is 29.4. The molecule has 0 radical (unpaired) electrons. The van der Waals surface area contributed by atoms with Gasteiger partial charge >= 0.3 is 18.0 Å². The number of fused-ring (bicyclic) bond motifs is 5. The zero-order valence-corrected chi connectivity index (χ0v) is 48.5. The summed E-state index contributed by atoms with van der Waals surface area (Å²) in [6, 6.07) is 15.5. The number of alkyl carbamates (subject to hydrolysis) is 1. The van der Waals surface area contributed by atoms with Crippen LogP contribution in [0.3, 0.4) is 0 Å². The van der Waals surface area contributed by atoms with Gasteiger partial charge in [-0.15, -0.1) is 5.10 Å². The first-order valence-electron chi connectivity index (χ1n) is 28.6. The molecule has 17 heteroatoms. The Morgan fingerprint density at radius 1 is 0.859 bits per heavy atom. The lowest BCUT2D eigenvalue weighted by Gasteiger charge is -2.62. The largest absolute Gasteiger partial charge is 0.497 e. The first kappa shape index (κ1) is 60.1. The van der Waals surface area contributed by atoms with Crippen molar-refractivity contribution in [1.82, 2.24) is 30.5 Å². The molecule has 7 rings (SSSR count). The van der Waals surface area contributed by atoms with Gasteiger partial charge in [-0.3, -0.25) is 19.1 Å². The monoisotopic (exact) mass is 1080 g/mol. The molecule has 4 aliphatic carbocycles. The van der Waals surface area contributed by atoms with Crippen molar-refractivity contribution in [2.75, 3.05) is 20.8 Å². The summed E-state index contributed by atoms with van der Waals surface area (Å²) in [7, 11) is 3.02. The quantitative estimate of drug-likeness (QED) is 0.0635. The van der Waals surface area contributed by atoms with Crippen molar-refractivity contribution in [1.29, 1.82) is 0 Å². The van der Waals surface area contributed by atoms with Crippen LogP contribution in [0.5, 0.6) is 5.75 Å². The molecule has 0 saturated heterocycles. The number of nitrogens with zero attached hydrogens (tertiary/aromatic N) is 4. The molecular weight excluding hydrogens is 993 g/mol. The van der Waals surface area contributed by atoms with Crippen LogP contribution in [0, 0.1) is 52.3 Å². The Labute approximate surface area is 462 Å². The van der Waals surface area contributed by atoms with E-state index in [1.165, 1.54) is 12.0 Å². The molecule has 0 spiro atoms. The lowest BCUT2D eigenvalue weighted by Crippen LogP contribution is -2.63. The van der Waals surface area contributed by atoms with Crippen LogP contribution in [0.4, 0.5) is 4.79 Å². The molecule has 3 aromatic rings. The number of rotatable bonds is 22. The van der Waals surface area contributed by atoms with Gasteiger partial charge in [0.1, 0.15) is 41.3 Å². The van der Waals surface area contributed by atoms with Crippen LogP contribution in [0.25, 0.3) is 0 Å². The molecule has 78 heavy (non-hydrogen) atoms. The normalized spacial score (nSPS) is 27.0. The predicted octanol–water partition coefficient (Wildman–Crippen LogP) is 9.02. The summed E-state index contributed by atoms with van der Waals surface area (Å²) in [5, 5.41) is 26.8. The van der Waals surface area contributed by atoms with E-state index in [9.17, 15) is 29.1 Å². The summed E-state index contributed by atoms with van der Waals surface area (Å²) in [6.45, 7) is 19.4. The standard InChI is InChI=1S/C61H90N6O11/c1-38(2)54(63-57(73)78-58(4,5)6)55(71)67(33-41-19-22-45(74-11)23-20-41)59(7,8)56(72)62-43(30-40-16-14-13-15-17-40)34-66-35-44(64-65-66)36-76-37-53(70)77-46-28-29-60(9)42(31-46)21-24-47-49-26-25-48(39(3)18-27-52(69)75-12)61(49,10)51(68)32-50(47)60/h13-17,19-20,22-23,35,38-39,42-43,46-51,54,68H,18,21,24-34,36-37H2,1-12H3,(H,62,72)(H,63,73)/t39-,42-,43+,46-,47+,48-,49+,50+,51+,54+,60+,61-/m1/s1. The summed E-state index contributed by atoms with van der Waals surface area (Å²) in [5.74, 6) is 1.42. The highest BCUT2D eigenvalue weighted by atomic mass is 16.6. The average Bonchev–Trinajstić information content (AvgIpc) is 4.20. The summed E-state index contributed by atoms with van der Waals surface area (Å²) in [5.41, 5.74) is -0.0789. The van der Waals surface area contributed by atoms with Gasteiger partial charge in [0.25, 0.3) is 0 Å². The number of methoxy groups -OCH3 is 2. The van der Waals surface area contributed by atoms with Gasteiger partial charge in [0.05, 0.1) is 45.7 Å². The molecule has 3 N–H and O–H groups in total. The van der Waals surface area contributed by atoms with Gasteiger partial charge in [0.2, 0.25) is 11.8 Å². The van der Waals surface area contributed by atoms with Crippen molar-refractivity contribution in [3.63, 3.8) is 0 Å². The molecule has 0 bridgehead atoms. The number of aliphatic hydroxyl groups excluding tert-OH is 1. The van der Waals surface area contributed by atoms with E-state index in [2.05, 4.69) is 41.7 Å². The Hall–Kier alpha value is -5.55. The van der Waals surface area contributed by atoms with Gasteiger partial charge < -0.3 is 44.3 Å². The SMILES string of the molecule is COC(=O)CC[C@@H](C)[C@H]1CC[C@H]2[C@@H]3CC[C@@H]4C[C@H](OC(=O)COCc5cn(C[C@H](Cc6ccccc6)NC(=O)C(C)(C)N(Cc6ccc(OC)cc6)C(=O)[C@@H](NC(=O)OC(C)(C)C)C(C)C)nn5)CC[C@]4(C)[C@H]3C[C@H](O)[C@]12C. The molecule has 4 fully saturated rings. The number of carbonyl (C=O) groups is 5. The lowest BCUT2D eigenvalue weighted by atomic mass is 9.43. The highest BCUT2D eigenvalue weighted by molar-refractivity contribution is 5.94. The van der Waals surface area contributed by atoms with Gasteiger partial charge in [-0.05, 0) is 174 Å². The molecule has 1 aromatic heterocycles. The second kappa shape index (κ2) is 25.3. The highest BCUT2D eigenvalue weighted by Crippen LogP contribution is 2.68. The van der Waals surface area contributed by atoms with Gasteiger partial charge in [0.15, 0.2) is 0 Å². The summed E-state index contributed by atoms with van der Waals surface area (Å²) in [4.78, 5) is 69.4. The van der Waals surface area contributed by atoms with Crippen LogP contribution < -0.4 is 15.4 Å². The molecule has 3 amide bonds. The van der Waals surface area contributed by atoms with Crippen LogP contribution in [0.2, 0.25) is 0 Å². The van der Waals surface area contributed by atoms with Crippen molar-refractivity contribution >= 4 is 29.8 Å². The minimum atomic E-state index is -1.43. The van der Waals surface area contributed by atoms with Crippen molar-refractivity contribution in [3.05, 3.63) is 77.6 Å². The van der Waals surface area contributed by atoms with Crippen molar-refractivity contribution in [2.24, 2.45) is 52.3 Å². The van der Waals surface area contributed by atoms with Gasteiger partial charge in [-0.2, -0.15) is 0 Å². The Morgan fingerprint density at radius 3 is 2.24 bits per heavy atom. The Balaban J connectivity index is 0.949. The number of esters is 2. The predicted molar refractivity (Wildman–Crippen MR) is 294 cm³/mol. The third-order valence-corrected chi connectivity index (χ3v) is 18.5. The smallest absolute Gasteiger partial charge is 0.408 e. The average molecular weight is 1080 g/mol. The highest BCUT2D eigenvalue weighted by Gasteiger charge is 2.64. The lowest BCUT2D eigenvalue weighted by molar-refractivity contribution is -0.183. The van der Waals surface area contributed by atoms with Crippen LogP contribution >= 0.6 is 0 Å². The van der Waals surface area contributed by atoms with Gasteiger partial charge in [0, 0.05) is 13.0 Å². The van der Waals surface area contributed by atoms with E-state index in [1.54, 1.807) is 64.7 Å². The molecule has 0 unspecified atom stereocenters. The maximum absolute atomic E-state index is 14.7. The van der Waals surface area contributed by atoms with Gasteiger partial charge in [-0.1, -0.05) is 82.3 Å². The number of amides is 3. The maximum atomic E-state index is 14.7. The van der Waals surface area contributed by atoms with E-state index < -0.39 is 47.1 Å². The third-order valence-electron chi connectivity index (χ3n) is 18.5. The third kappa shape index (κ3) is 14.1. The maximum Gasteiger partial charge on any atom is 0.408 e. The topological polar surface area (TPSA) is 210 Å². The number of ether oxygens (including phenoxy) is 5. The molecule has 12 atom stereocenters. The van der Waals surface area contributed by atoms with Crippen LogP contribution in [-0.4, -0.2) is 111 Å². The number of benzene rings is 2. The van der Waals surface area contributed by atoms with E-state index in [0.717, 1.165) is 68.9 Å². The fourth-order valence-corrected chi connectivity index (χ4v) is 14.2. The summed E-state index contributed by atoms with van der Waals surface area (Å²) in [6.07, 6.45) is 9.83. The van der Waals surface area contributed by atoms with E-state index in [4.69, 9.17) is 23.7 Å².